The number of hydrogen-bond acceptors (Lipinski definition) is 1. The maximum Gasteiger partial charge on any atom is 1.00 e. The molecule has 7 heavy (non-hydrogen) atoms. The van der Waals surface area contributed by atoms with Crippen LogP contribution in [0.25, 0.3) is 5.73 Å². The zero-order valence-electron chi connectivity index (χ0n) is 4.14. The van der Waals surface area contributed by atoms with Gasteiger partial charge in [-0.2, -0.15) is 11.3 Å². The van der Waals surface area contributed by atoms with Crippen LogP contribution in [0.4, 0.5) is 5.00 Å². The molecular formula is C4H4KNS. The van der Waals surface area contributed by atoms with Gasteiger partial charge < -0.3 is 5.73 Å². The molecule has 0 bridgehead atoms. The van der Waals surface area contributed by atoms with Crippen LogP contribution in [-0.2, 0) is 0 Å². The topological polar surface area (TPSA) is 23.8 Å². The van der Waals surface area contributed by atoms with Gasteiger partial charge in [-0.25, -0.2) is 0 Å². The number of nitrogens with one attached hydrogen (secondary N) is 1. The molecule has 1 N–H and O–H groups in total. The van der Waals surface area contributed by atoms with Gasteiger partial charge in [0.2, 0.25) is 0 Å². The van der Waals surface area contributed by atoms with Crippen LogP contribution in [0.15, 0.2) is 17.5 Å². The van der Waals surface area contributed by atoms with Gasteiger partial charge in [0.1, 0.15) is 0 Å². The van der Waals surface area contributed by atoms with Crippen molar-refractivity contribution in [2.45, 2.75) is 0 Å². The summed E-state index contributed by atoms with van der Waals surface area (Å²) in [6, 6.07) is 3.64. The maximum atomic E-state index is 6.89. The summed E-state index contributed by atoms with van der Waals surface area (Å²) >= 11 is 1.44. The van der Waals surface area contributed by atoms with Crippen LogP contribution in [-0.4, -0.2) is 0 Å². The van der Waals surface area contributed by atoms with E-state index in [-0.39, 0.29) is 51.4 Å². The first-order chi connectivity index (χ1) is 2.89. The number of hydrogen-bond donors (Lipinski definition) is 0. The molecule has 0 spiro atoms. The molecule has 1 rings (SSSR count). The molecule has 0 atom stereocenters. The third kappa shape index (κ3) is 2.84. The van der Waals surface area contributed by atoms with Gasteiger partial charge in [0.05, 0.1) is 0 Å². The second-order valence-corrected chi connectivity index (χ2v) is 1.92. The Morgan fingerprint density at radius 1 is 1.57 bits per heavy atom. The summed E-state index contributed by atoms with van der Waals surface area (Å²) in [6.07, 6.45) is 0. The Kier molecular flexibility index (Phi) is 4.72. The Labute approximate surface area is 89.3 Å². The van der Waals surface area contributed by atoms with Crippen molar-refractivity contribution < 1.29 is 51.4 Å². The Hall–Kier alpha value is 1.14. The fourth-order valence-corrected chi connectivity index (χ4v) is 0.739. The Bertz CT molecular complexity index is 115. The minimum Gasteiger partial charge on any atom is -0.690 e. The van der Waals surface area contributed by atoms with Crippen molar-refractivity contribution >= 4 is 16.3 Å². The summed E-state index contributed by atoms with van der Waals surface area (Å²) in [5.41, 5.74) is 6.89. The monoisotopic (exact) mass is 137 g/mol. The molecule has 0 radical (unpaired) electrons. The van der Waals surface area contributed by atoms with E-state index < -0.39 is 0 Å². The average Bonchev–Trinajstić information content (AvgIpc) is 1.86. The van der Waals surface area contributed by atoms with E-state index in [4.69, 9.17) is 5.73 Å². The summed E-state index contributed by atoms with van der Waals surface area (Å²) < 4.78 is 0. The summed E-state index contributed by atoms with van der Waals surface area (Å²) in [6.45, 7) is 0. The van der Waals surface area contributed by atoms with Gasteiger partial charge in [-0.05, 0) is 5.38 Å². The summed E-state index contributed by atoms with van der Waals surface area (Å²) in [4.78, 5) is 0. The van der Waals surface area contributed by atoms with Crippen molar-refractivity contribution in [3.63, 3.8) is 0 Å². The molecule has 0 saturated heterocycles. The van der Waals surface area contributed by atoms with Gasteiger partial charge >= 0.3 is 51.4 Å². The smallest absolute Gasteiger partial charge is 0.690 e. The van der Waals surface area contributed by atoms with Crippen LogP contribution >= 0.6 is 11.3 Å². The van der Waals surface area contributed by atoms with Crippen molar-refractivity contribution in [3.05, 3.63) is 23.2 Å². The van der Waals surface area contributed by atoms with E-state index in [1.807, 2.05) is 11.4 Å². The third-order valence-electron chi connectivity index (χ3n) is 0.521. The Morgan fingerprint density at radius 2 is 2.29 bits per heavy atom. The molecule has 1 aromatic heterocycles. The van der Waals surface area contributed by atoms with Crippen molar-refractivity contribution in [2.24, 2.45) is 0 Å². The largest absolute Gasteiger partial charge is 1.00 e. The zero-order valence-corrected chi connectivity index (χ0v) is 8.08. The van der Waals surface area contributed by atoms with Gasteiger partial charge in [0.15, 0.2) is 0 Å². The molecule has 0 aliphatic heterocycles. The second kappa shape index (κ2) is 4.06. The van der Waals surface area contributed by atoms with Gasteiger partial charge in [0, 0.05) is 0 Å². The molecular weight excluding hydrogens is 133 g/mol. The van der Waals surface area contributed by atoms with Crippen LogP contribution in [0, 0.1) is 0 Å². The maximum absolute atomic E-state index is 6.89. The van der Waals surface area contributed by atoms with Crippen LogP contribution in [0.1, 0.15) is 0 Å². The molecule has 1 nitrogen and oxygen atoms in total. The van der Waals surface area contributed by atoms with Gasteiger partial charge in [-0.1, -0.05) is 17.1 Å². The van der Waals surface area contributed by atoms with Crippen LogP contribution in [0.2, 0.25) is 0 Å². The average molecular weight is 137 g/mol. The zero-order chi connectivity index (χ0) is 4.41. The van der Waals surface area contributed by atoms with E-state index in [2.05, 4.69) is 0 Å². The molecule has 0 amide bonds. The first-order valence-electron chi connectivity index (χ1n) is 1.65. The predicted octanol–water partition coefficient (Wildman–Crippen LogP) is -0.564. The number of thiophene rings is 1. The summed E-state index contributed by atoms with van der Waals surface area (Å²) in [7, 11) is 0. The van der Waals surface area contributed by atoms with E-state index in [0.717, 1.165) is 0 Å². The molecule has 1 aromatic rings. The standard InChI is InChI=1S/C4H4NS.K/c5-4-2-1-3-6-4;/h1-3,5H;/q-1;+1. The van der Waals surface area contributed by atoms with Gasteiger partial charge in [-0.15, -0.1) is 0 Å². The van der Waals surface area contributed by atoms with E-state index in [9.17, 15) is 0 Å². The van der Waals surface area contributed by atoms with Crippen molar-refractivity contribution in [3.8, 4) is 0 Å². The molecule has 0 aliphatic rings. The van der Waals surface area contributed by atoms with Crippen LogP contribution < -0.4 is 51.4 Å². The van der Waals surface area contributed by atoms with Crippen molar-refractivity contribution in [2.75, 3.05) is 0 Å². The fraction of sp³-hybridized carbons (Fsp3) is 0. The minimum absolute atomic E-state index is 0. The fourth-order valence-electron chi connectivity index (χ4n) is 0.279. The molecule has 0 fully saturated rings. The minimum atomic E-state index is 0. The Morgan fingerprint density at radius 3 is 2.43 bits per heavy atom. The Balaban J connectivity index is 0.000000360. The summed E-state index contributed by atoms with van der Waals surface area (Å²) in [5.74, 6) is 0. The normalized spacial score (nSPS) is 7.43. The van der Waals surface area contributed by atoms with E-state index in [1.165, 1.54) is 11.3 Å². The SMILES string of the molecule is [K+].[NH-]c1cccs1. The molecule has 0 aliphatic carbocycles. The quantitative estimate of drug-likeness (QED) is 0.428. The number of rotatable bonds is 0. The van der Waals surface area contributed by atoms with Crippen molar-refractivity contribution in [1.82, 2.24) is 0 Å². The third-order valence-corrected chi connectivity index (χ3v) is 1.20. The van der Waals surface area contributed by atoms with Gasteiger partial charge in [-0.3, -0.25) is 0 Å². The van der Waals surface area contributed by atoms with Crippen LogP contribution in [0.5, 0.6) is 0 Å². The first-order valence-corrected chi connectivity index (χ1v) is 2.52. The van der Waals surface area contributed by atoms with E-state index in [1.54, 1.807) is 6.07 Å². The molecule has 0 saturated carbocycles. The molecule has 0 aromatic carbocycles. The van der Waals surface area contributed by atoms with E-state index >= 15 is 0 Å². The van der Waals surface area contributed by atoms with Crippen molar-refractivity contribution in [1.29, 1.82) is 0 Å². The molecule has 3 heteroatoms. The molecule has 1 heterocycles. The van der Waals surface area contributed by atoms with Crippen LogP contribution in [0.3, 0.4) is 0 Å². The molecule has 0 unspecified atom stereocenters. The van der Waals surface area contributed by atoms with E-state index in [0.29, 0.717) is 5.00 Å². The van der Waals surface area contributed by atoms with Gasteiger partial charge in [0.25, 0.3) is 0 Å². The first kappa shape index (κ1) is 8.14. The predicted molar refractivity (Wildman–Crippen MR) is 28.3 cm³/mol. The summed E-state index contributed by atoms with van der Waals surface area (Å²) in [5, 5.41) is 2.53. The molecule has 32 valence electrons. The second-order valence-electron chi connectivity index (χ2n) is 0.977.